The smallest absolute Gasteiger partial charge is 0.224 e. The van der Waals surface area contributed by atoms with Crippen molar-refractivity contribution in [1.82, 2.24) is 10.6 Å². The second kappa shape index (κ2) is 20.6. The van der Waals surface area contributed by atoms with Gasteiger partial charge in [0.05, 0.1) is 6.07 Å². The number of carbonyl (C=O) groups is 2. The monoisotopic (exact) mass is 552 g/mol. The lowest BCUT2D eigenvalue weighted by atomic mass is 10.0. The molecule has 7 heteroatoms. The van der Waals surface area contributed by atoms with Crippen LogP contribution in [0.3, 0.4) is 0 Å². The van der Waals surface area contributed by atoms with Gasteiger partial charge in [0.25, 0.3) is 0 Å². The molecule has 2 aliphatic rings. The first-order valence-electron chi connectivity index (χ1n) is 14.7. The summed E-state index contributed by atoms with van der Waals surface area (Å²) in [7, 11) is 0. The number of benzene rings is 2. The second-order valence-corrected chi connectivity index (χ2v) is 10.6. The first-order chi connectivity index (χ1) is 19.2. The number of anilines is 1. The van der Waals surface area contributed by atoms with Crippen molar-refractivity contribution in [1.29, 1.82) is 5.26 Å². The van der Waals surface area contributed by atoms with E-state index in [1.165, 1.54) is 57.7 Å². The lowest BCUT2D eigenvalue weighted by molar-refractivity contribution is -0.116. The van der Waals surface area contributed by atoms with Crippen molar-refractivity contribution in [2.45, 2.75) is 86.0 Å². The van der Waals surface area contributed by atoms with Crippen molar-refractivity contribution in [3.8, 4) is 17.2 Å². The van der Waals surface area contributed by atoms with Gasteiger partial charge in [0, 0.05) is 12.1 Å². The number of hydrogen-bond donors (Lipinski definition) is 3. The van der Waals surface area contributed by atoms with Crippen LogP contribution < -0.4 is 16.0 Å². The molecule has 1 aliphatic heterocycles. The Morgan fingerprint density at radius 1 is 1.07 bits per heavy atom. The van der Waals surface area contributed by atoms with Crippen LogP contribution in [0, 0.1) is 42.8 Å². The van der Waals surface area contributed by atoms with Gasteiger partial charge in [0.1, 0.15) is 12.4 Å². The maximum atomic E-state index is 13.7. The lowest BCUT2D eigenvalue weighted by Crippen LogP contribution is -2.18. The molecule has 1 atom stereocenters. The van der Waals surface area contributed by atoms with Crippen molar-refractivity contribution >= 4 is 18.0 Å². The number of hydrogen-bond acceptors (Lipinski definition) is 4. The summed E-state index contributed by atoms with van der Waals surface area (Å²) in [4.78, 5) is 21.0. The topological polar surface area (TPSA) is 94.0 Å². The molecule has 2 amide bonds. The summed E-state index contributed by atoms with van der Waals surface area (Å²) < 4.78 is 13.7. The van der Waals surface area contributed by atoms with Crippen LogP contribution in [-0.4, -0.2) is 32.0 Å². The molecule has 1 saturated carbocycles. The quantitative estimate of drug-likeness (QED) is 0.191. The number of nitrogens with one attached hydrogen (secondary N) is 3. The molecular formula is C33H49FN4O2. The Balaban J connectivity index is 0.000000340. The number of carbonyl (C=O) groups excluding carboxylic acids is 2. The summed E-state index contributed by atoms with van der Waals surface area (Å²) in [6, 6.07) is 12.7. The first-order valence-corrected chi connectivity index (χ1v) is 14.7. The summed E-state index contributed by atoms with van der Waals surface area (Å²) in [5, 5.41) is 16.2. The molecule has 1 saturated heterocycles. The van der Waals surface area contributed by atoms with Crippen LogP contribution in [0.1, 0.15) is 83.3 Å². The molecule has 2 fully saturated rings. The van der Waals surface area contributed by atoms with Crippen molar-refractivity contribution in [2.75, 3.05) is 25.0 Å². The zero-order valence-corrected chi connectivity index (χ0v) is 25.1. The average Bonchev–Trinajstić information content (AvgIpc) is 3.80. The normalized spacial score (nSPS) is 15.7. The van der Waals surface area contributed by atoms with Crippen molar-refractivity contribution in [3.63, 3.8) is 0 Å². The third-order valence-electron chi connectivity index (χ3n) is 6.83. The summed E-state index contributed by atoms with van der Waals surface area (Å²) in [6.07, 6.45) is 10.5. The molecule has 6 nitrogen and oxygen atoms in total. The van der Waals surface area contributed by atoms with Gasteiger partial charge in [-0.15, -0.1) is 0 Å². The molecule has 0 bridgehead atoms. The van der Waals surface area contributed by atoms with Crippen LogP contribution >= 0.6 is 0 Å². The Morgan fingerprint density at radius 2 is 1.75 bits per heavy atom. The van der Waals surface area contributed by atoms with Crippen molar-refractivity contribution in [2.24, 2.45) is 11.8 Å². The highest BCUT2D eigenvalue weighted by atomic mass is 19.1. The number of aryl methyl sites for hydroxylation is 2. The molecule has 1 aliphatic carbocycles. The molecule has 3 N–H and O–H groups in total. The van der Waals surface area contributed by atoms with E-state index in [1.54, 1.807) is 19.1 Å². The Hall–Kier alpha value is -3.24. The summed E-state index contributed by atoms with van der Waals surface area (Å²) >= 11 is 0. The number of rotatable bonds is 7. The Morgan fingerprint density at radius 3 is 2.27 bits per heavy atom. The molecule has 220 valence electrons. The van der Waals surface area contributed by atoms with Crippen LogP contribution in [0.4, 0.5) is 10.1 Å². The minimum Gasteiger partial charge on any atom is -0.346 e. The molecule has 4 rings (SSSR count). The van der Waals surface area contributed by atoms with Crippen molar-refractivity contribution < 1.29 is 14.0 Å². The molecule has 2 aromatic rings. The van der Waals surface area contributed by atoms with E-state index in [0.717, 1.165) is 40.6 Å². The van der Waals surface area contributed by atoms with Gasteiger partial charge in [-0.2, -0.15) is 5.26 Å². The Kier molecular flexibility index (Phi) is 17.9. The number of nitrogens with zero attached hydrogens (tertiary/aromatic N) is 1. The SMILES string of the molecule is CC1CCCCNC1.CCC1CC1.CCCC(=O)Nc1cc(-c2ccc(C)c(F)c2)ccc1C.N#CCNC=O. The van der Waals surface area contributed by atoms with Gasteiger partial charge in [-0.05, 0) is 92.4 Å². The predicted molar refractivity (Wildman–Crippen MR) is 163 cm³/mol. The van der Waals surface area contributed by atoms with Gasteiger partial charge < -0.3 is 16.0 Å². The molecule has 1 heterocycles. The largest absolute Gasteiger partial charge is 0.346 e. The predicted octanol–water partition coefficient (Wildman–Crippen LogP) is 7.31. The maximum Gasteiger partial charge on any atom is 0.224 e. The van der Waals surface area contributed by atoms with Crippen LogP contribution in [-0.2, 0) is 9.59 Å². The van der Waals surface area contributed by atoms with Gasteiger partial charge in [-0.25, -0.2) is 4.39 Å². The van der Waals surface area contributed by atoms with E-state index >= 15 is 0 Å². The number of nitriles is 1. The molecule has 40 heavy (non-hydrogen) atoms. The van der Waals surface area contributed by atoms with Crippen molar-refractivity contribution in [3.05, 3.63) is 53.3 Å². The fraction of sp³-hybridized carbons (Fsp3) is 0.545. The van der Waals surface area contributed by atoms with E-state index in [-0.39, 0.29) is 18.3 Å². The van der Waals surface area contributed by atoms with E-state index in [9.17, 15) is 14.0 Å². The molecule has 0 radical (unpaired) electrons. The van der Waals surface area contributed by atoms with Crippen LogP contribution in [0.15, 0.2) is 36.4 Å². The average molecular weight is 553 g/mol. The highest BCUT2D eigenvalue weighted by Crippen LogP contribution is 2.31. The zero-order chi connectivity index (χ0) is 29.8. The number of halogens is 1. The second-order valence-electron chi connectivity index (χ2n) is 10.6. The van der Waals surface area contributed by atoms with E-state index < -0.39 is 0 Å². The van der Waals surface area contributed by atoms with E-state index in [1.807, 2.05) is 38.1 Å². The number of amides is 2. The fourth-order valence-electron chi connectivity index (χ4n) is 3.96. The minimum absolute atomic E-state index is 0.00726. The lowest BCUT2D eigenvalue weighted by Gasteiger charge is -2.11. The third-order valence-corrected chi connectivity index (χ3v) is 6.83. The van der Waals surface area contributed by atoms with Crippen LogP contribution in [0.25, 0.3) is 11.1 Å². The molecule has 1 unspecified atom stereocenters. The van der Waals surface area contributed by atoms with Gasteiger partial charge >= 0.3 is 0 Å². The highest BCUT2D eigenvalue weighted by Gasteiger charge is 2.17. The minimum atomic E-state index is -0.218. The summed E-state index contributed by atoms with van der Waals surface area (Å²) in [6.45, 7) is 12.8. The third kappa shape index (κ3) is 15.4. The van der Waals surface area contributed by atoms with Gasteiger partial charge in [-0.1, -0.05) is 70.7 Å². The fourth-order valence-corrected chi connectivity index (χ4v) is 3.96. The summed E-state index contributed by atoms with van der Waals surface area (Å²) in [5.74, 6) is 1.84. The first kappa shape index (κ1) is 34.8. The standard InChI is InChI=1S/C18H20FNO.C7H15N.C5H10.C3H4N2O/c1-4-5-18(21)20-17-11-15(9-7-13(17)3)14-8-6-12(2)16(19)10-14;1-7-4-2-3-5-8-6-7;1-2-5-3-4-5;4-1-2-5-3-6/h6-11H,4-5H2,1-3H3,(H,20,21);7-8H,2-6H2,1H3;5H,2-4H2,1H3;3H,2H2,(H,5,6). The van der Waals surface area contributed by atoms with Gasteiger partial charge in [0.15, 0.2) is 0 Å². The summed E-state index contributed by atoms with van der Waals surface area (Å²) in [5.41, 5.74) is 4.11. The zero-order valence-electron chi connectivity index (χ0n) is 25.1. The highest BCUT2D eigenvalue weighted by molar-refractivity contribution is 5.92. The molecule has 0 aromatic heterocycles. The van der Waals surface area contributed by atoms with Gasteiger partial charge in [-0.3, -0.25) is 9.59 Å². The molecule has 2 aromatic carbocycles. The maximum absolute atomic E-state index is 13.7. The molecular weight excluding hydrogens is 503 g/mol. The van der Waals surface area contributed by atoms with E-state index in [2.05, 4.69) is 29.8 Å². The van der Waals surface area contributed by atoms with Gasteiger partial charge in [0.2, 0.25) is 12.3 Å². The molecule has 0 spiro atoms. The van der Waals surface area contributed by atoms with E-state index in [4.69, 9.17) is 5.26 Å². The van der Waals surface area contributed by atoms with Crippen LogP contribution in [0.5, 0.6) is 0 Å². The Bertz CT molecular complexity index is 1050. The Labute approximate surface area is 241 Å². The van der Waals surface area contributed by atoms with E-state index in [0.29, 0.717) is 18.4 Å². The van der Waals surface area contributed by atoms with Crippen LogP contribution in [0.2, 0.25) is 0 Å².